The van der Waals surface area contributed by atoms with Gasteiger partial charge in [-0.1, -0.05) is 0 Å². The van der Waals surface area contributed by atoms with Gasteiger partial charge in [-0.05, 0) is 31.2 Å². The minimum absolute atomic E-state index is 0.279. The Balaban J connectivity index is 2.32. The largest absolute Gasteiger partial charge is 0.463 e. The van der Waals surface area contributed by atoms with Crippen molar-refractivity contribution in [1.82, 2.24) is 9.38 Å². The molecule has 0 saturated heterocycles. The third-order valence-electron chi connectivity index (χ3n) is 2.58. The Labute approximate surface area is 91.2 Å². The van der Waals surface area contributed by atoms with E-state index in [-0.39, 0.29) is 5.82 Å². The van der Waals surface area contributed by atoms with Gasteiger partial charge in [-0.25, -0.2) is 9.37 Å². The molecule has 0 atom stereocenters. The number of rotatable bonds is 1. The molecule has 0 fully saturated rings. The number of halogens is 1. The van der Waals surface area contributed by atoms with E-state index in [0.29, 0.717) is 11.4 Å². The van der Waals surface area contributed by atoms with Gasteiger partial charge in [0.2, 0.25) is 0 Å². The number of pyridine rings is 1. The number of aromatic nitrogens is 2. The van der Waals surface area contributed by atoms with Crippen molar-refractivity contribution in [1.29, 1.82) is 0 Å². The van der Waals surface area contributed by atoms with Crippen LogP contribution in [-0.2, 0) is 0 Å². The minimum atomic E-state index is -0.279. The van der Waals surface area contributed by atoms with E-state index in [1.54, 1.807) is 22.8 Å². The summed E-state index contributed by atoms with van der Waals surface area (Å²) < 4.78 is 20.1. The van der Waals surface area contributed by atoms with Crippen molar-refractivity contribution < 1.29 is 8.81 Å². The van der Waals surface area contributed by atoms with Gasteiger partial charge in [0.05, 0.1) is 12.0 Å². The summed E-state index contributed by atoms with van der Waals surface area (Å²) in [5, 5.41) is 0. The lowest BCUT2D eigenvalue weighted by Gasteiger charge is -1.96. The maximum Gasteiger partial charge on any atom is 0.154 e. The number of furan rings is 1. The highest BCUT2D eigenvalue weighted by molar-refractivity contribution is 5.61. The van der Waals surface area contributed by atoms with Crippen LogP contribution in [0.5, 0.6) is 0 Å². The first-order chi connectivity index (χ1) is 7.75. The average Bonchev–Trinajstić information content (AvgIpc) is 2.87. The van der Waals surface area contributed by atoms with Crippen LogP contribution in [0.3, 0.4) is 0 Å². The molecule has 80 valence electrons. The Kier molecular flexibility index (Phi) is 1.83. The van der Waals surface area contributed by atoms with E-state index in [2.05, 4.69) is 4.98 Å². The zero-order chi connectivity index (χ0) is 11.1. The molecule has 0 radical (unpaired) electrons. The molecule has 4 heteroatoms. The fourth-order valence-corrected chi connectivity index (χ4v) is 1.78. The third-order valence-corrected chi connectivity index (χ3v) is 2.58. The van der Waals surface area contributed by atoms with E-state index < -0.39 is 0 Å². The Morgan fingerprint density at radius 3 is 2.94 bits per heavy atom. The third kappa shape index (κ3) is 1.23. The lowest BCUT2D eigenvalue weighted by Crippen LogP contribution is -1.88. The molecule has 0 amide bonds. The van der Waals surface area contributed by atoms with Crippen LogP contribution in [0.1, 0.15) is 5.69 Å². The number of imidazole rings is 1. The molecule has 0 N–H and O–H groups in total. The van der Waals surface area contributed by atoms with Crippen LogP contribution >= 0.6 is 0 Å². The lowest BCUT2D eigenvalue weighted by atomic mass is 10.3. The van der Waals surface area contributed by atoms with Gasteiger partial charge in [-0.3, -0.25) is 0 Å². The number of fused-ring (bicyclic) bond motifs is 1. The fourth-order valence-electron chi connectivity index (χ4n) is 1.78. The van der Waals surface area contributed by atoms with Gasteiger partial charge >= 0.3 is 0 Å². The molecule has 0 aromatic carbocycles. The second-order valence-electron chi connectivity index (χ2n) is 3.60. The van der Waals surface area contributed by atoms with Gasteiger partial charge < -0.3 is 8.82 Å². The van der Waals surface area contributed by atoms with Crippen LogP contribution < -0.4 is 0 Å². The highest BCUT2D eigenvalue weighted by Crippen LogP contribution is 2.24. The number of hydrogen-bond acceptors (Lipinski definition) is 2. The van der Waals surface area contributed by atoms with Crippen molar-refractivity contribution in [2.24, 2.45) is 0 Å². The summed E-state index contributed by atoms with van der Waals surface area (Å²) >= 11 is 0. The zero-order valence-corrected chi connectivity index (χ0v) is 8.64. The first kappa shape index (κ1) is 9.15. The van der Waals surface area contributed by atoms with E-state index in [1.165, 1.54) is 12.3 Å². The highest BCUT2D eigenvalue weighted by Gasteiger charge is 2.12. The molecule has 0 bridgehead atoms. The quantitative estimate of drug-likeness (QED) is 0.625. The van der Waals surface area contributed by atoms with Crippen molar-refractivity contribution in [3.63, 3.8) is 0 Å². The molecule has 3 aromatic rings. The average molecular weight is 216 g/mol. The van der Waals surface area contributed by atoms with Crippen molar-refractivity contribution >= 4 is 5.65 Å². The Morgan fingerprint density at radius 1 is 1.31 bits per heavy atom. The molecule has 0 unspecified atom stereocenters. The predicted octanol–water partition coefficient (Wildman–Crippen LogP) is 3.04. The lowest BCUT2D eigenvalue weighted by molar-refractivity contribution is 0.580. The summed E-state index contributed by atoms with van der Waals surface area (Å²) in [4.78, 5) is 4.40. The summed E-state index contributed by atoms with van der Waals surface area (Å²) in [5.74, 6) is 0.417. The summed E-state index contributed by atoms with van der Waals surface area (Å²) in [7, 11) is 0. The van der Waals surface area contributed by atoms with E-state index in [0.717, 1.165) is 11.4 Å². The van der Waals surface area contributed by atoms with Crippen LogP contribution in [0.2, 0.25) is 0 Å². The van der Waals surface area contributed by atoms with Crippen LogP contribution in [0, 0.1) is 12.7 Å². The number of nitrogens with zero attached hydrogens (tertiary/aromatic N) is 2. The van der Waals surface area contributed by atoms with Gasteiger partial charge in [-0.2, -0.15) is 0 Å². The van der Waals surface area contributed by atoms with Crippen molar-refractivity contribution in [3.05, 3.63) is 48.2 Å². The summed E-state index contributed by atoms with van der Waals surface area (Å²) in [6.45, 7) is 1.89. The number of aryl methyl sites for hydroxylation is 1. The van der Waals surface area contributed by atoms with Crippen LogP contribution in [0.4, 0.5) is 4.39 Å². The monoisotopic (exact) mass is 216 g/mol. The summed E-state index contributed by atoms with van der Waals surface area (Å²) in [5.41, 5.74) is 2.32. The van der Waals surface area contributed by atoms with Crippen LogP contribution in [-0.4, -0.2) is 9.38 Å². The predicted molar refractivity (Wildman–Crippen MR) is 57.6 cm³/mol. The normalized spacial score (nSPS) is 11.1. The van der Waals surface area contributed by atoms with Gasteiger partial charge in [-0.15, -0.1) is 0 Å². The number of hydrogen-bond donors (Lipinski definition) is 0. The van der Waals surface area contributed by atoms with Gasteiger partial charge in [0.1, 0.15) is 17.2 Å². The molecule has 0 spiro atoms. The maximum absolute atomic E-state index is 13.1. The van der Waals surface area contributed by atoms with Crippen molar-refractivity contribution in [3.8, 4) is 11.5 Å². The maximum atomic E-state index is 13.1. The second kappa shape index (κ2) is 3.20. The highest BCUT2D eigenvalue weighted by atomic mass is 19.1. The van der Waals surface area contributed by atoms with E-state index >= 15 is 0 Å². The molecule has 3 nitrogen and oxygen atoms in total. The zero-order valence-electron chi connectivity index (χ0n) is 8.64. The Morgan fingerprint density at radius 2 is 2.19 bits per heavy atom. The van der Waals surface area contributed by atoms with Gasteiger partial charge in [0, 0.05) is 6.20 Å². The summed E-state index contributed by atoms with van der Waals surface area (Å²) in [6, 6.07) is 6.69. The first-order valence-electron chi connectivity index (χ1n) is 4.94. The molecule has 0 saturated carbocycles. The molecular weight excluding hydrogens is 207 g/mol. The molecule has 16 heavy (non-hydrogen) atoms. The van der Waals surface area contributed by atoms with Crippen molar-refractivity contribution in [2.75, 3.05) is 0 Å². The second-order valence-corrected chi connectivity index (χ2v) is 3.60. The van der Waals surface area contributed by atoms with E-state index in [1.807, 2.05) is 13.0 Å². The molecule has 3 rings (SSSR count). The Hall–Kier alpha value is -2.10. The van der Waals surface area contributed by atoms with E-state index in [4.69, 9.17) is 4.42 Å². The molecule has 0 aliphatic rings. The fraction of sp³-hybridized carbons (Fsp3) is 0.0833. The molecule has 0 aliphatic carbocycles. The molecular formula is C12H9FN2O. The SMILES string of the molecule is Cc1c(-c2ccco2)nc2ccc(F)cn12. The smallest absolute Gasteiger partial charge is 0.154 e. The van der Waals surface area contributed by atoms with Gasteiger partial charge in [0.25, 0.3) is 0 Å². The van der Waals surface area contributed by atoms with Crippen LogP contribution in [0.25, 0.3) is 17.1 Å². The molecule has 3 aromatic heterocycles. The first-order valence-corrected chi connectivity index (χ1v) is 4.94. The topological polar surface area (TPSA) is 30.4 Å². The molecule has 0 aliphatic heterocycles. The van der Waals surface area contributed by atoms with Crippen LogP contribution in [0.15, 0.2) is 41.1 Å². The Bertz CT molecular complexity index is 640. The van der Waals surface area contributed by atoms with Gasteiger partial charge in [0.15, 0.2) is 5.76 Å². The minimum Gasteiger partial charge on any atom is -0.463 e. The van der Waals surface area contributed by atoms with E-state index in [9.17, 15) is 4.39 Å². The molecule has 3 heterocycles. The standard InChI is InChI=1S/C12H9FN2O/c1-8-12(10-3-2-6-16-10)14-11-5-4-9(13)7-15(8)11/h2-7H,1H3. The van der Waals surface area contributed by atoms with Crippen molar-refractivity contribution in [2.45, 2.75) is 6.92 Å². The summed E-state index contributed by atoms with van der Waals surface area (Å²) in [6.07, 6.45) is 3.02.